The van der Waals surface area contributed by atoms with Crippen molar-refractivity contribution in [3.63, 3.8) is 0 Å². The third-order valence-electron chi connectivity index (χ3n) is 7.45. The average Bonchev–Trinajstić information content (AvgIpc) is 3.56. The van der Waals surface area contributed by atoms with Crippen molar-refractivity contribution in [3.05, 3.63) is 35.4 Å². The number of halogens is 3. The number of alkyl halides is 3. The summed E-state index contributed by atoms with van der Waals surface area (Å²) in [6.07, 6.45) is 1.83. The fourth-order valence-electron chi connectivity index (χ4n) is 4.93. The van der Waals surface area contributed by atoms with Crippen LogP contribution in [0, 0.1) is 16.7 Å². The molecule has 4 rings (SSSR count). The van der Waals surface area contributed by atoms with Crippen LogP contribution in [0.5, 0.6) is 0 Å². The Kier molecular flexibility index (Phi) is 6.01. The first-order valence-corrected chi connectivity index (χ1v) is 11.4. The van der Waals surface area contributed by atoms with Crippen molar-refractivity contribution in [2.24, 2.45) is 5.41 Å². The third kappa shape index (κ3) is 4.38. The van der Waals surface area contributed by atoms with E-state index in [1.807, 2.05) is 4.90 Å². The van der Waals surface area contributed by atoms with Crippen LogP contribution in [-0.2, 0) is 5.60 Å². The molecule has 2 aliphatic carbocycles. The quantitative estimate of drug-likeness (QED) is 0.706. The van der Waals surface area contributed by atoms with Crippen molar-refractivity contribution in [3.8, 4) is 6.07 Å². The van der Waals surface area contributed by atoms with Gasteiger partial charge in [-0.1, -0.05) is 18.6 Å². The van der Waals surface area contributed by atoms with Gasteiger partial charge in [0.25, 0.3) is 5.91 Å². The van der Waals surface area contributed by atoms with Gasteiger partial charge >= 0.3 is 6.18 Å². The van der Waals surface area contributed by atoms with Crippen LogP contribution >= 0.6 is 0 Å². The maximum atomic E-state index is 13.3. The van der Waals surface area contributed by atoms with Crippen LogP contribution in [0.2, 0.25) is 0 Å². The number of amides is 1. The number of hydrogen-bond acceptors (Lipinski definition) is 4. The summed E-state index contributed by atoms with van der Waals surface area (Å²) in [6, 6.07) is 7.93. The molecule has 1 amide bonds. The number of likely N-dealkylation sites (tertiary alicyclic amines) is 1. The van der Waals surface area contributed by atoms with Gasteiger partial charge in [-0.05, 0) is 63.1 Å². The maximum Gasteiger partial charge on any atom is 0.421 e. The summed E-state index contributed by atoms with van der Waals surface area (Å²) >= 11 is 0. The fraction of sp³-hybridized carbons (Fsp3) is 0.667. The molecule has 3 aliphatic rings. The number of nitriles is 1. The van der Waals surface area contributed by atoms with Crippen LogP contribution in [0.15, 0.2) is 24.3 Å². The zero-order valence-electron chi connectivity index (χ0n) is 18.4. The molecule has 1 aromatic carbocycles. The number of hydrogen-bond donors (Lipinski definition) is 1. The SMILES string of the molecule is CC(O)(c1ccc(C(=O)N(C2CC2)C2CCN(CC3(C#N)CCC3)CC2)cc1)C(F)(F)F. The van der Waals surface area contributed by atoms with Crippen molar-refractivity contribution in [1.29, 1.82) is 5.26 Å². The zero-order chi connectivity index (χ0) is 23.1. The first kappa shape index (κ1) is 23.1. The van der Waals surface area contributed by atoms with Crippen LogP contribution < -0.4 is 0 Å². The highest BCUT2D eigenvalue weighted by molar-refractivity contribution is 5.95. The molecule has 0 radical (unpaired) electrons. The van der Waals surface area contributed by atoms with E-state index in [9.17, 15) is 28.3 Å². The molecular weight excluding hydrogens is 419 g/mol. The van der Waals surface area contributed by atoms with Gasteiger partial charge in [0.1, 0.15) is 0 Å². The van der Waals surface area contributed by atoms with Crippen molar-refractivity contribution in [2.75, 3.05) is 19.6 Å². The van der Waals surface area contributed by atoms with Gasteiger partial charge in [0.15, 0.2) is 5.60 Å². The second kappa shape index (κ2) is 8.35. The Balaban J connectivity index is 1.41. The summed E-state index contributed by atoms with van der Waals surface area (Å²) in [5, 5.41) is 19.4. The Bertz CT molecular complexity index is 875. The Morgan fingerprint density at radius 3 is 2.16 bits per heavy atom. The number of nitrogens with zero attached hydrogens (tertiary/aromatic N) is 3. The van der Waals surface area contributed by atoms with Gasteiger partial charge in [-0.3, -0.25) is 4.79 Å². The van der Waals surface area contributed by atoms with E-state index in [4.69, 9.17) is 0 Å². The van der Waals surface area contributed by atoms with E-state index in [0.29, 0.717) is 12.5 Å². The average molecular weight is 450 g/mol. The Morgan fingerprint density at radius 2 is 1.72 bits per heavy atom. The highest BCUT2D eigenvalue weighted by Gasteiger charge is 2.51. The van der Waals surface area contributed by atoms with Gasteiger partial charge in [-0.15, -0.1) is 0 Å². The number of benzene rings is 1. The molecular formula is C24H30F3N3O2. The predicted molar refractivity (Wildman–Crippen MR) is 113 cm³/mol. The number of carbonyl (C=O) groups excluding carboxylic acids is 1. The van der Waals surface area contributed by atoms with Crippen LogP contribution in [0.1, 0.15) is 67.8 Å². The minimum Gasteiger partial charge on any atom is -0.376 e. The molecule has 3 fully saturated rings. The summed E-state index contributed by atoms with van der Waals surface area (Å²) < 4.78 is 39.3. The summed E-state index contributed by atoms with van der Waals surface area (Å²) in [6.45, 7) is 3.21. The molecule has 0 spiro atoms. The van der Waals surface area contributed by atoms with E-state index in [1.54, 1.807) is 0 Å². The lowest BCUT2D eigenvalue weighted by Gasteiger charge is -2.44. The van der Waals surface area contributed by atoms with Gasteiger partial charge in [0, 0.05) is 37.3 Å². The van der Waals surface area contributed by atoms with Crippen molar-refractivity contribution < 1.29 is 23.1 Å². The molecule has 2 saturated carbocycles. The van der Waals surface area contributed by atoms with Gasteiger partial charge in [-0.25, -0.2) is 0 Å². The van der Waals surface area contributed by atoms with Crippen molar-refractivity contribution in [1.82, 2.24) is 9.80 Å². The number of carbonyl (C=O) groups is 1. The lowest BCUT2D eigenvalue weighted by Crippen LogP contribution is -2.51. The lowest BCUT2D eigenvalue weighted by molar-refractivity contribution is -0.258. The standard InChI is InChI=1S/C24H30F3N3O2/c1-22(32,24(25,26)27)18-5-3-17(4-6-18)21(31)30(19-7-8-19)20-9-13-29(14-10-20)16-23(15-28)11-2-12-23/h3-6,19-20,32H,2,7-14,16H2,1H3. The monoisotopic (exact) mass is 449 g/mol. The normalized spacial score (nSPS) is 23.6. The smallest absolute Gasteiger partial charge is 0.376 e. The number of aliphatic hydroxyl groups is 1. The lowest BCUT2D eigenvalue weighted by atomic mass is 9.69. The molecule has 8 heteroatoms. The second-order valence-electron chi connectivity index (χ2n) is 9.84. The molecule has 1 aliphatic heterocycles. The molecule has 1 N–H and O–H groups in total. The summed E-state index contributed by atoms with van der Waals surface area (Å²) in [4.78, 5) is 17.5. The molecule has 5 nitrogen and oxygen atoms in total. The first-order chi connectivity index (χ1) is 15.1. The predicted octanol–water partition coefficient (Wildman–Crippen LogP) is 4.22. The molecule has 1 heterocycles. The Morgan fingerprint density at radius 1 is 1.16 bits per heavy atom. The van der Waals surface area contributed by atoms with Crippen LogP contribution in [-0.4, -0.2) is 58.7 Å². The molecule has 1 unspecified atom stereocenters. The first-order valence-electron chi connectivity index (χ1n) is 11.4. The highest BCUT2D eigenvalue weighted by atomic mass is 19.4. The summed E-state index contributed by atoms with van der Waals surface area (Å²) in [5.74, 6) is -0.156. The third-order valence-corrected chi connectivity index (χ3v) is 7.45. The second-order valence-corrected chi connectivity index (χ2v) is 9.84. The molecule has 0 aromatic heterocycles. The van der Waals surface area contributed by atoms with E-state index >= 15 is 0 Å². The molecule has 174 valence electrons. The topological polar surface area (TPSA) is 67.6 Å². The molecule has 0 bridgehead atoms. The van der Waals surface area contributed by atoms with E-state index in [2.05, 4.69) is 11.0 Å². The Labute approximate surface area is 186 Å². The fourth-order valence-corrected chi connectivity index (χ4v) is 4.93. The maximum absolute atomic E-state index is 13.3. The highest BCUT2D eigenvalue weighted by Crippen LogP contribution is 2.42. The molecule has 1 saturated heterocycles. The van der Waals surface area contributed by atoms with Gasteiger partial charge in [-0.2, -0.15) is 18.4 Å². The zero-order valence-corrected chi connectivity index (χ0v) is 18.4. The van der Waals surface area contributed by atoms with Crippen molar-refractivity contribution in [2.45, 2.75) is 75.7 Å². The molecule has 1 atom stereocenters. The van der Waals surface area contributed by atoms with E-state index in [-0.39, 0.29) is 29.0 Å². The number of rotatable bonds is 6. The van der Waals surface area contributed by atoms with Gasteiger partial charge < -0.3 is 14.9 Å². The largest absolute Gasteiger partial charge is 0.421 e. The molecule has 1 aromatic rings. The molecule has 32 heavy (non-hydrogen) atoms. The van der Waals surface area contributed by atoms with Crippen LogP contribution in [0.3, 0.4) is 0 Å². The van der Waals surface area contributed by atoms with Gasteiger partial charge in [0.05, 0.1) is 11.5 Å². The Hall–Kier alpha value is -2.11. The minimum absolute atomic E-state index is 0.101. The summed E-state index contributed by atoms with van der Waals surface area (Å²) in [5.41, 5.74) is -3.09. The van der Waals surface area contributed by atoms with E-state index < -0.39 is 11.8 Å². The van der Waals surface area contributed by atoms with E-state index in [0.717, 1.165) is 64.6 Å². The minimum atomic E-state index is -4.80. The summed E-state index contributed by atoms with van der Waals surface area (Å²) in [7, 11) is 0. The number of piperidine rings is 1. The van der Waals surface area contributed by atoms with Crippen molar-refractivity contribution >= 4 is 5.91 Å². The van der Waals surface area contributed by atoms with E-state index in [1.165, 1.54) is 24.3 Å². The van der Waals surface area contributed by atoms with Crippen LogP contribution in [0.4, 0.5) is 13.2 Å². The van der Waals surface area contributed by atoms with Crippen LogP contribution in [0.25, 0.3) is 0 Å². The van der Waals surface area contributed by atoms with Gasteiger partial charge in [0.2, 0.25) is 0 Å².